The molecule has 0 aromatic carbocycles. The Morgan fingerprint density at radius 3 is 3.18 bits per heavy atom. The molecule has 0 fully saturated rings. The molecule has 0 aliphatic carbocycles. The minimum absolute atomic E-state index is 0.0912. The minimum Gasteiger partial charge on any atom is -0.468 e. The summed E-state index contributed by atoms with van der Waals surface area (Å²) in [5.74, 6) is 0.760. The predicted octanol–water partition coefficient (Wildman–Crippen LogP) is 2.24. The van der Waals surface area contributed by atoms with Crippen molar-refractivity contribution in [3.63, 3.8) is 0 Å². The summed E-state index contributed by atoms with van der Waals surface area (Å²) in [6.45, 7) is 1.08. The summed E-state index contributed by atoms with van der Waals surface area (Å²) >= 11 is 1.61. The van der Waals surface area contributed by atoms with E-state index in [1.54, 1.807) is 22.3 Å². The van der Waals surface area contributed by atoms with E-state index in [1.165, 1.54) is 0 Å². The number of nitrogens with zero attached hydrogens (tertiary/aromatic N) is 2. The Balaban J connectivity index is 1.61. The fourth-order valence-corrected chi connectivity index (χ4v) is 3.18. The van der Waals surface area contributed by atoms with E-state index in [2.05, 4.69) is 15.7 Å². The molecule has 0 spiro atoms. The van der Waals surface area contributed by atoms with Crippen molar-refractivity contribution >= 4 is 17.2 Å². The lowest BCUT2D eigenvalue weighted by Gasteiger charge is -2.25. The van der Waals surface area contributed by atoms with E-state index >= 15 is 0 Å². The van der Waals surface area contributed by atoms with Gasteiger partial charge in [-0.25, -0.2) is 4.68 Å². The summed E-state index contributed by atoms with van der Waals surface area (Å²) in [6.07, 6.45) is 1.56. The van der Waals surface area contributed by atoms with Crippen molar-refractivity contribution in [2.75, 3.05) is 6.54 Å². The van der Waals surface area contributed by atoms with Gasteiger partial charge < -0.3 is 9.73 Å². The van der Waals surface area contributed by atoms with Gasteiger partial charge in [0.15, 0.2) is 0 Å². The second-order valence-corrected chi connectivity index (χ2v) is 5.97. The summed E-state index contributed by atoms with van der Waals surface area (Å²) in [4.78, 5) is 13.1. The molecule has 1 aliphatic rings. The number of carbonyl (C=O) groups is 1. The molecule has 0 saturated carbocycles. The summed E-state index contributed by atoms with van der Waals surface area (Å²) < 4.78 is 7.08. The Kier molecular flexibility index (Phi) is 3.28. The molecule has 0 bridgehead atoms. The third kappa shape index (κ3) is 2.34. The molecule has 2 N–H and O–H groups in total. The normalized spacial score (nSPS) is 17.3. The quantitative estimate of drug-likeness (QED) is 0.774. The lowest BCUT2D eigenvalue weighted by Crippen LogP contribution is -2.45. The van der Waals surface area contributed by atoms with Crippen LogP contribution >= 0.6 is 11.3 Å². The fraction of sp³-hybridized carbons (Fsp3) is 0.200. The predicted molar refractivity (Wildman–Crippen MR) is 82.5 cm³/mol. The number of amides is 1. The molecular weight excluding hydrogens is 300 g/mol. The minimum atomic E-state index is -0.0913. The maximum absolute atomic E-state index is 12.0. The van der Waals surface area contributed by atoms with Crippen LogP contribution in [0, 0.1) is 0 Å². The zero-order valence-corrected chi connectivity index (χ0v) is 12.5. The standard InChI is InChI=1S/C15H14N4O2S/c20-15-12-7-11(13-4-2-6-22-13)18-19(12)14(9-17-15)16-8-10-3-1-5-21-10/h1-7,14,16H,8-9H2,(H,17,20)/t14-/m0/s1. The first-order chi connectivity index (χ1) is 10.8. The number of carbonyl (C=O) groups excluding carboxylic acids is 1. The Bertz CT molecular complexity index is 777. The largest absolute Gasteiger partial charge is 0.468 e. The van der Waals surface area contributed by atoms with E-state index in [-0.39, 0.29) is 12.1 Å². The summed E-state index contributed by atoms with van der Waals surface area (Å²) in [6, 6.07) is 9.58. The topological polar surface area (TPSA) is 72.1 Å². The average Bonchev–Trinajstić information content (AvgIpc) is 3.26. The van der Waals surface area contributed by atoms with Gasteiger partial charge in [0.05, 0.1) is 24.2 Å². The van der Waals surface area contributed by atoms with Crippen molar-refractivity contribution in [1.82, 2.24) is 20.4 Å². The van der Waals surface area contributed by atoms with E-state index in [1.807, 2.05) is 35.7 Å². The van der Waals surface area contributed by atoms with Crippen LogP contribution in [0.2, 0.25) is 0 Å². The van der Waals surface area contributed by atoms with Crippen LogP contribution in [0.15, 0.2) is 46.4 Å². The van der Waals surface area contributed by atoms with Gasteiger partial charge in [-0.3, -0.25) is 10.1 Å². The van der Waals surface area contributed by atoms with Crippen LogP contribution in [-0.4, -0.2) is 22.2 Å². The molecule has 0 radical (unpaired) electrons. The third-order valence-corrected chi connectivity index (χ3v) is 4.48. The molecule has 112 valence electrons. The number of thiophene rings is 1. The van der Waals surface area contributed by atoms with Crippen molar-refractivity contribution < 1.29 is 9.21 Å². The van der Waals surface area contributed by atoms with E-state index < -0.39 is 0 Å². The highest BCUT2D eigenvalue weighted by molar-refractivity contribution is 7.13. The highest BCUT2D eigenvalue weighted by atomic mass is 32.1. The molecule has 4 heterocycles. The fourth-order valence-electron chi connectivity index (χ4n) is 2.50. The van der Waals surface area contributed by atoms with Gasteiger partial charge >= 0.3 is 0 Å². The number of hydrogen-bond donors (Lipinski definition) is 2. The molecule has 1 atom stereocenters. The van der Waals surface area contributed by atoms with Crippen molar-refractivity contribution in [3.8, 4) is 10.6 Å². The molecule has 3 aromatic rings. The van der Waals surface area contributed by atoms with E-state index in [9.17, 15) is 4.79 Å². The molecule has 3 aromatic heterocycles. The van der Waals surface area contributed by atoms with Crippen molar-refractivity contribution in [2.45, 2.75) is 12.7 Å². The van der Waals surface area contributed by atoms with Crippen LogP contribution in [0.1, 0.15) is 22.4 Å². The van der Waals surface area contributed by atoms with Gasteiger partial charge in [-0.1, -0.05) is 6.07 Å². The van der Waals surface area contributed by atoms with E-state index in [4.69, 9.17) is 4.42 Å². The highest BCUT2D eigenvalue weighted by Crippen LogP contribution is 2.26. The summed E-state index contributed by atoms with van der Waals surface area (Å²) in [5.41, 5.74) is 1.40. The Labute approximate surface area is 130 Å². The molecule has 1 amide bonds. The van der Waals surface area contributed by atoms with Crippen molar-refractivity contribution in [3.05, 3.63) is 53.4 Å². The summed E-state index contributed by atoms with van der Waals surface area (Å²) in [7, 11) is 0. The van der Waals surface area contributed by atoms with Crippen molar-refractivity contribution in [1.29, 1.82) is 0 Å². The van der Waals surface area contributed by atoms with Gasteiger partial charge in [-0.2, -0.15) is 5.10 Å². The first-order valence-electron chi connectivity index (χ1n) is 6.98. The first-order valence-corrected chi connectivity index (χ1v) is 7.86. The maximum Gasteiger partial charge on any atom is 0.269 e. The van der Waals surface area contributed by atoms with E-state index in [0.717, 1.165) is 16.3 Å². The second kappa shape index (κ2) is 5.43. The molecule has 1 aliphatic heterocycles. The number of nitrogens with one attached hydrogen (secondary N) is 2. The lowest BCUT2D eigenvalue weighted by atomic mass is 10.2. The zero-order chi connectivity index (χ0) is 14.9. The van der Waals surface area contributed by atoms with Gasteiger partial charge in [0.1, 0.15) is 23.3 Å². The van der Waals surface area contributed by atoms with Gasteiger partial charge in [-0.05, 0) is 29.6 Å². The molecule has 0 unspecified atom stereocenters. The zero-order valence-electron chi connectivity index (χ0n) is 11.7. The van der Waals surface area contributed by atoms with Crippen LogP contribution < -0.4 is 10.6 Å². The van der Waals surface area contributed by atoms with Crippen LogP contribution in [-0.2, 0) is 6.54 Å². The first kappa shape index (κ1) is 13.3. The highest BCUT2D eigenvalue weighted by Gasteiger charge is 2.27. The Hall–Kier alpha value is -2.38. The average molecular weight is 314 g/mol. The third-order valence-electron chi connectivity index (χ3n) is 3.59. The second-order valence-electron chi connectivity index (χ2n) is 5.02. The van der Waals surface area contributed by atoms with Gasteiger partial charge in [0.2, 0.25) is 0 Å². The maximum atomic E-state index is 12.0. The molecule has 4 rings (SSSR count). The SMILES string of the molecule is O=C1NC[C@@H](NCc2ccco2)n2nc(-c3cccs3)cc21. The molecule has 6 nitrogen and oxygen atoms in total. The monoisotopic (exact) mass is 314 g/mol. The number of rotatable bonds is 4. The van der Waals surface area contributed by atoms with E-state index in [0.29, 0.717) is 18.8 Å². The molecular formula is C15H14N4O2S. The summed E-state index contributed by atoms with van der Waals surface area (Å²) in [5, 5.41) is 12.8. The number of aromatic nitrogens is 2. The number of hydrogen-bond acceptors (Lipinski definition) is 5. The molecule has 0 saturated heterocycles. The Morgan fingerprint density at radius 1 is 1.45 bits per heavy atom. The van der Waals surface area contributed by atoms with Gasteiger partial charge in [0, 0.05) is 0 Å². The van der Waals surface area contributed by atoms with Crippen LogP contribution in [0.5, 0.6) is 0 Å². The van der Waals surface area contributed by atoms with Crippen LogP contribution in [0.4, 0.5) is 0 Å². The number of furan rings is 1. The lowest BCUT2D eigenvalue weighted by molar-refractivity contribution is 0.0899. The molecule has 22 heavy (non-hydrogen) atoms. The molecule has 7 heteroatoms. The number of fused-ring (bicyclic) bond motifs is 1. The van der Waals surface area contributed by atoms with Gasteiger partial charge in [-0.15, -0.1) is 11.3 Å². The van der Waals surface area contributed by atoms with Gasteiger partial charge in [0.25, 0.3) is 5.91 Å². The van der Waals surface area contributed by atoms with Crippen molar-refractivity contribution in [2.24, 2.45) is 0 Å². The van der Waals surface area contributed by atoms with Crippen LogP contribution in [0.25, 0.3) is 10.6 Å². The smallest absolute Gasteiger partial charge is 0.269 e. The Morgan fingerprint density at radius 2 is 2.41 bits per heavy atom. The van der Waals surface area contributed by atoms with Crippen LogP contribution in [0.3, 0.4) is 0 Å².